The van der Waals surface area contributed by atoms with Crippen LogP contribution in [0.5, 0.6) is 5.88 Å². The van der Waals surface area contributed by atoms with Gasteiger partial charge in [-0.3, -0.25) is 0 Å². The van der Waals surface area contributed by atoms with Crippen LogP contribution in [0.15, 0.2) is 40.8 Å². The van der Waals surface area contributed by atoms with Gasteiger partial charge in [-0.25, -0.2) is 9.98 Å². The first kappa shape index (κ1) is 17.3. The number of pyridine rings is 1. The van der Waals surface area contributed by atoms with Gasteiger partial charge in [0.05, 0.1) is 13.7 Å². The third-order valence-electron chi connectivity index (χ3n) is 3.38. The first-order chi connectivity index (χ1) is 11.2. The number of nitrogens with zero attached hydrogens (tertiary/aromatic N) is 2. The second-order valence-electron chi connectivity index (χ2n) is 5.20. The van der Waals surface area contributed by atoms with Gasteiger partial charge >= 0.3 is 0 Å². The van der Waals surface area contributed by atoms with Crippen molar-refractivity contribution in [1.82, 2.24) is 15.6 Å². The van der Waals surface area contributed by atoms with Gasteiger partial charge in [0, 0.05) is 36.1 Å². The molecule has 1 unspecified atom stereocenters. The first-order valence-electron chi connectivity index (χ1n) is 7.77. The highest BCUT2D eigenvalue weighted by molar-refractivity contribution is 7.10. The van der Waals surface area contributed by atoms with Crippen LogP contribution in [0.4, 0.5) is 0 Å². The molecule has 2 aromatic rings. The van der Waals surface area contributed by atoms with E-state index >= 15 is 0 Å². The summed E-state index contributed by atoms with van der Waals surface area (Å²) in [6.45, 7) is 6.55. The summed E-state index contributed by atoms with van der Waals surface area (Å²) < 4.78 is 5.14. The van der Waals surface area contributed by atoms with Crippen LogP contribution in [0.2, 0.25) is 0 Å². The van der Waals surface area contributed by atoms with Gasteiger partial charge in [0.1, 0.15) is 0 Å². The fraction of sp³-hybridized carbons (Fsp3) is 0.412. The van der Waals surface area contributed by atoms with Crippen molar-refractivity contribution in [2.75, 3.05) is 20.2 Å². The number of hydrogen-bond acceptors (Lipinski definition) is 4. The maximum atomic E-state index is 5.14. The van der Waals surface area contributed by atoms with E-state index in [4.69, 9.17) is 4.74 Å². The first-order valence-corrected chi connectivity index (χ1v) is 8.65. The zero-order valence-electron chi connectivity index (χ0n) is 13.9. The highest BCUT2D eigenvalue weighted by atomic mass is 32.1. The van der Waals surface area contributed by atoms with Crippen LogP contribution in [0, 0.1) is 0 Å². The quantitative estimate of drug-likeness (QED) is 0.604. The highest BCUT2D eigenvalue weighted by Crippen LogP contribution is 2.19. The van der Waals surface area contributed by atoms with E-state index < -0.39 is 0 Å². The molecule has 0 saturated carbocycles. The van der Waals surface area contributed by atoms with Crippen LogP contribution in [-0.4, -0.2) is 31.1 Å². The van der Waals surface area contributed by atoms with Gasteiger partial charge in [0.25, 0.3) is 0 Å². The molecule has 0 aliphatic heterocycles. The molecule has 23 heavy (non-hydrogen) atoms. The second-order valence-corrected chi connectivity index (χ2v) is 6.18. The number of guanidine groups is 1. The van der Waals surface area contributed by atoms with Crippen molar-refractivity contribution in [3.8, 4) is 5.88 Å². The molecule has 0 fully saturated rings. The largest absolute Gasteiger partial charge is 0.481 e. The van der Waals surface area contributed by atoms with E-state index in [2.05, 4.69) is 52.0 Å². The Balaban J connectivity index is 1.93. The van der Waals surface area contributed by atoms with Crippen molar-refractivity contribution in [3.63, 3.8) is 0 Å². The van der Waals surface area contributed by atoms with Gasteiger partial charge < -0.3 is 15.4 Å². The number of rotatable bonds is 7. The number of nitrogens with one attached hydrogen (secondary N) is 2. The molecule has 5 nitrogen and oxygen atoms in total. The topological polar surface area (TPSA) is 58.5 Å². The van der Waals surface area contributed by atoms with Gasteiger partial charge in [0.2, 0.25) is 5.88 Å². The molecule has 0 radical (unpaired) electrons. The molecule has 2 heterocycles. The normalized spacial score (nSPS) is 12.7. The molecule has 0 amide bonds. The Kier molecular flexibility index (Phi) is 6.87. The lowest BCUT2D eigenvalue weighted by molar-refractivity contribution is 0.397. The standard InChI is InChI=1S/C17H24N4OS/c1-4-18-17(20-11-13(2)15-6-5-9-23-15)21-12-14-7-8-19-16(10-14)22-3/h5-10,13H,4,11-12H2,1-3H3,(H2,18,20,21). The van der Waals surface area contributed by atoms with Crippen molar-refractivity contribution in [2.45, 2.75) is 26.3 Å². The van der Waals surface area contributed by atoms with Gasteiger partial charge in [-0.05, 0) is 30.0 Å². The number of ether oxygens (including phenoxy) is 1. The van der Waals surface area contributed by atoms with Crippen LogP contribution in [0.3, 0.4) is 0 Å². The minimum absolute atomic E-state index is 0.458. The van der Waals surface area contributed by atoms with E-state index in [0.717, 1.165) is 24.6 Å². The molecule has 2 N–H and O–H groups in total. The zero-order valence-corrected chi connectivity index (χ0v) is 14.7. The van der Waals surface area contributed by atoms with Gasteiger partial charge in [-0.15, -0.1) is 11.3 Å². The molecule has 0 aliphatic carbocycles. The number of aromatic nitrogens is 1. The monoisotopic (exact) mass is 332 g/mol. The van der Waals surface area contributed by atoms with Crippen molar-refractivity contribution in [1.29, 1.82) is 0 Å². The van der Waals surface area contributed by atoms with E-state index in [1.165, 1.54) is 4.88 Å². The molecule has 0 spiro atoms. The summed E-state index contributed by atoms with van der Waals surface area (Å²) in [4.78, 5) is 10.1. The lowest BCUT2D eigenvalue weighted by Gasteiger charge is -2.15. The molecule has 0 bridgehead atoms. The summed E-state index contributed by atoms with van der Waals surface area (Å²) in [5, 5.41) is 8.80. The van der Waals surface area contributed by atoms with E-state index in [1.807, 2.05) is 12.1 Å². The molecule has 6 heteroatoms. The van der Waals surface area contributed by atoms with Crippen LogP contribution >= 0.6 is 11.3 Å². The second kappa shape index (κ2) is 9.15. The minimum atomic E-state index is 0.458. The third kappa shape index (κ3) is 5.56. The molecule has 0 aliphatic rings. The summed E-state index contributed by atoms with van der Waals surface area (Å²) in [5.74, 6) is 1.90. The number of aliphatic imine (C=N–C) groups is 1. The fourth-order valence-corrected chi connectivity index (χ4v) is 2.88. The Morgan fingerprint density at radius 1 is 1.39 bits per heavy atom. The van der Waals surface area contributed by atoms with Gasteiger partial charge in [0.15, 0.2) is 5.96 Å². The maximum Gasteiger partial charge on any atom is 0.213 e. The summed E-state index contributed by atoms with van der Waals surface area (Å²) in [7, 11) is 1.62. The average molecular weight is 332 g/mol. The Labute approximate surface area is 141 Å². The van der Waals surface area contributed by atoms with Gasteiger partial charge in [-0.1, -0.05) is 13.0 Å². The predicted octanol–water partition coefficient (Wildman–Crippen LogP) is 3.01. The molecule has 124 valence electrons. The van der Waals surface area contributed by atoms with Crippen molar-refractivity contribution >= 4 is 17.3 Å². The zero-order chi connectivity index (χ0) is 16.5. The highest BCUT2D eigenvalue weighted by Gasteiger charge is 2.07. The lowest BCUT2D eigenvalue weighted by Crippen LogP contribution is -2.39. The molecule has 2 aromatic heterocycles. The summed E-state index contributed by atoms with van der Waals surface area (Å²) in [5.41, 5.74) is 1.07. The van der Waals surface area contributed by atoms with Crippen molar-refractivity contribution in [3.05, 3.63) is 46.3 Å². The molecule has 2 rings (SSSR count). The van der Waals surface area contributed by atoms with Crippen LogP contribution in [-0.2, 0) is 6.54 Å². The van der Waals surface area contributed by atoms with Crippen LogP contribution in [0.1, 0.15) is 30.2 Å². The SMILES string of the molecule is CCNC(=NCc1ccnc(OC)c1)NCC(C)c1cccs1. The third-order valence-corrected chi connectivity index (χ3v) is 4.48. The Bertz CT molecular complexity index is 613. The molecule has 0 saturated heterocycles. The van der Waals surface area contributed by atoms with E-state index in [-0.39, 0.29) is 0 Å². The van der Waals surface area contributed by atoms with Gasteiger partial charge in [-0.2, -0.15) is 0 Å². The predicted molar refractivity (Wildman–Crippen MR) is 96.3 cm³/mol. The number of methoxy groups -OCH3 is 1. The molecular formula is C17H24N4OS. The Morgan fingerprint density at radius 3 is 2.96 bits per heavy atom. The van der Waals surface area contributed by atoms with E-state index in [1.54, 1.807) is 24.6 Å². The Morgan fingerprint density at radius 2 is 2.26 bits per heavy atom. The number of thiophene rings is 1. The van der Waals surface area contributed by atoms with E-state index in [0.29, 0.717) is 18.3 Å². The van der Waals surface area contributed by atoms with Crippen LogP contribution in [0.25, 0.3) is 0 Å². The van der Waals surface area contributed by atoms with Crippen LogP contribution < -0.4 is 15.4 Å². The Hall–Kier alpha value is -2.08. The summed E-state index contributed by atoms with van der Waals surface area (Å²) >= 11 is 1.79. The van der Waals surface area contributed by atoms with Crippen molar-refractivity contribution < 1.29 is 4.74 Å². The molecule has 1 atom stereocenters. The summed E-state index contributed by atoms with van der Waals surface area (Å²) in [6.07, 6.45) is 1.74. The van der Waals surface area contributed by atoms with Crippen molar-refractivity contribution in [2.24, 2.45) is 4.99 Å². The lowest BCUT2D eigenvalue weighted by atomic mass is 10.1. The average Bonchev–Trinajstić information content (AvgIpc) is 3.12. The maximum absolute atomic E-state index is 5.14. The smallest absolute Gasteiger partial charge is 0.213 e. The molecular weight excluding hydrogens is 308 g/mol. The molecule has 0 aromatic carbocycles. The summed E-state index contributed by atoms with van der Waals surface area (Å²) in [6, 6.07) is 8.11. The number of hydrogen-bond donors (Lipinski definition) is 2. The fourth-order valence-electron chi connectivity index (χ4n) is 2.09. The van der Waals surface area contributed by atoms with E-state index in [9.17, 15) is 0 Å². The minimum Gasteiger partial charge on any atom is -0.481 e.